The molecule has 0 radical (unpaired) electrons. The number of ether oxygens (including phenoxy) is 1. The minimum absolute atomic E-state index is 0.0627. The van der Waals surface area contributed by atoms with E-state index in [1.54, 1.807) is 6.92 Å². The van der Waals surface area contributed by atoms with Crippen molar-refractivity contribution in [3.8, 4) is 5.75 Å². The summed E-state index contributed by atoms with van der Waals surface area (Å²) >= 11 is 0. The molecule has 0 saturated heterocycles. The van der Waals surface area contributed by atoms with Gasteiger partial charge in [-0.25, -0.2) is 0 Å². The molecule has 0 aliphatic rings. The van der Waals surface area contributed by atoms with E-state index in [1.807, 2.05) is 24.3 Å². The standard InChI is InChI=1S/C16H25NO2/c1-11(2)10-17-16(18)13(5)19-15-9-7-6-8-14(15)12(3)4/h6-9,11-13H,10H2,1-5H3,(H,17,18)/t13-/m0/s1. The van der Waals surface area contributed by atoms with Gasteiger partial charge in [-0.3, -0.25) is 4.79 Å². The summed E-state index contributed by atoms with van der Waals surface area (Å²) < 4.78 is 5.79. The smallest absolute Gasteiger partial charge is 0.260 e. The molecule has 0 aromatic heterocycles. The van der Waals surface area contributed by atoms with Gasteiger partial charge in [0.1, 0.15) is 5.75 Å². The third-order valence-corrected chi connectivity index (χ3v) is 2.90. The number of benzene rings is 1. The van der Waals surface area contributed by atoms with E-state index in [0.29, 0.717) is 18.4 Å². The number of rotatable bonds is 6. The Morgan fingerprint density at radius 3 is 2.37 bits per heavy atom. The van der Waals surface area contributed by atoms with E-state index in [4.69, 9.17) is 4.74 Å². The number of hydrogen-bond acceptors (Lipinski definition) is 2. The van der Waals surface area contributed by atoms with Gasteiger partial charge in [-0.2, -0.15) is 0 Å². The zero-order chi connectivity index (χ0) is 14.4. The summed E-state index contributed by atoms with van der Waals surface area (Å²) in [6.07, 6.45) is -0.473. The van der Waals surface area contributed by atoms with E-state index in [2.05, 4.69) is 33.0 Å². The first-order valence-electron chi connectivity index (χ1n) is 6.95. The highest BCUT2D eigenvalue weighted by Crippen LogP contribution is 2.26. The van der Waals surface area contributed by atoms with Crippen molar-refractivity contribution >= 4 is 5.91 Å². The first-order valence-corrected chi connectivity index (χ1v) is 6.95. The summed E-state index contributed by atoms with van der Waals surface area (Å²) in [6.45, 7) is 10.8. The monoisotopic (exact) mass is 263 g/mol. The summed E-state index contributed by atoms with van der Waals surface area (Å²) in [5.41, 5.74) is 1.13. The molecule has 0 unspecified atom stereocenters. The van der Waals surface area contributed by atoms with Gasteiger partial charge in [0.25, 0.3) is 5.91 Å². The Balaban J connectivity index is 2.66. The highest BCUT2D eigenvalue weighted by Gasteiger charge is 2.16. The molecule has 1 atom stereocenters. The van der Waals surface area contributed by atoms with Crippen molar-refractivity contribution in [2.75, 3.05) is 6.54 Å². The van der Waals surface area contributed by atoms with Crippen LogP contribution >= 0.6 is 0 Å². The average Bonchev–Trinajstić information content (AvgIpc) is 2.36. The highest BCUT2D eigenvalue weighted by molar-refractivity contribution is 5.80. The van der Waals surface area contributed by atoms with E-state index in [0.717, 1.165) is 11.3 Å². The molecule has 0 bridgehead atoms. The molecule has 19 heavy (non-hydrogen) atoms. The molecule has 0 heterocycles. The molecule has 3 nitrogen and oxygen atoms in total. The van der Waals surface area contributed by atoms with Crippen LogP contribution in [0.25, 0.3) is 0 Å². The lowest BCUT2D eigenvalue weighted by Gasteiger charge is -2.19. The van der Waals surface area contributed by atoms with Gasteiger partial charge >= 0.3 is 0 Å². The third-order valence-electron chi connectivity index (χ3n) is 2.90. The van der Waals surface area contributed by atoms with Crippen molar-refractivity contribution in [1.82, 2.24) is 5.32 Å². The predicted octanol–water partition coefficient (Wildman–Crippen LogP) is 3.35. The maximum atomic E-state index is 11.9. The minimum atomic E-state index is -0.473. The number of nitrogens with one attached hydrogen (secondary N) is 1. The fraction of sp³-hybridized carbons (Fsp3) is 0.562. The fourth-order valence-electron chi connectivity index (χ4n) is 1.76. The van der Waals surface area contributed by atoms with Crippen molar-refractivity contribution in [1.29, 1.82) is 0 Å². The van der Waals surface area contributed by atoms with Crippen LogP contribution in [0.3, 0.4) is 0 Å². The van der Waals surface area contributed by atoms with E-state index >= 15 is 0 Å². The molecule has 1 rings (SSSR count). The van der Waals surface area contributed by atoms with Crippen LogP contribution in [0.15, 0.2) is 24.3 Å². The van der Waals surface area contributed by atoms with Gasteiger partial charge in [0.2, 0.25) is 0 Å². The minimum Gasteiger partial charge on any atom is -0.481 e. The van der Waals surface area contributed by atoms with E-state index in [1.165, 1.54) is 0 Å². The maximum absolute atomic E-state index is 11.9. The fourth-order valence-corrected chi connectivity index (χ4v) is 1.76. The van der Waals surface area contributed by atoms with Gasteiger partial charge in [-0.15, -0.1) is 0 Å². The molecule has 1 amide bonds. The van der Waals surface area contributed by atoms with Gasteiger partial charge in [-0.1, -0.05) is 45.9 Å². The van der Waals surface area contributed by atoms with E-state index < -0.39 is 6.10 Å². The van der Waals surface area contributed by atoms with Crippen LogP contribution in [0.4, 0.5) is 0 Å². The molecule has 3 heteroatoms. The zero-order valence-corrected chi connectivity index (χ0v) is 12.6. The molecule has 0 aliphatic carbocycles. The maximum Gasteiger partial charge on any atom is 0.260 e. The Bertz CT molecular complexity index is 413. The quantitative estimate of drug-likeness (QED) is 0.854. The molecular formula is C16H25NO2. The van der Waals surface area contributed by atoms with Crippen molar-refractivity contribution in [2.45, 2.75) is 46.6 Å². The van der Waals surface area contributed by atoms with Gasteiger partial charge < -0.3 is 10.1 Å². The van der Waals surface area contributed by atoms with Crippen LogP contribution in [-0.2, 0) is 4.79 Å². The van der Waals surface area contributed by atoms with Gasteiger partial charge in [0, 0.05) is 6.54 Å². The number of amides is 1. The average molecular weight is 263 g/mol. The molecule has 0 spiro atoms. The second kappa shape index (κ2) is 7.17. The Hall–Kier alpha value is -1.51. The largest absolute Gasteiger partial charge is 0.481 e. The third kappa shape index (κ3) is 4.93. The van der Waals surface area contributed by atoms with Crippen molar-refractivity contribution < 1.29 is 9.53 Å². The number of para-hydroxylation sites is 1. The van der Waals surface area contributed by atoms with Crippen LogP contribution in [-0.4, -0.2) is 18.6 Å². The second-order valence-corrected chi connectivity index (χ2v) is 5.59. The summed E-state index contributed by atoms with van der Waals surface area (Å²) in [5, 5.41) is 2.89. The molecular weight excluding hydrogens is 238 g/mol. The van der Waals surface area contributed by atoms with Gasteiger partial charge in [-0.05, 0) is 30.4 Å². The van der Waals surface area contributed by atoms with Gasteiger partial charge in [0.05, 0.1) is 0 Å². The van der Waals surface area contributed by atoms with E-state index in [9.17, 15) is 4.79 Å². The number of carbonyl (C=O) groups excluding carboxylic acids is 1. The SMILES string of the molecule is CC(C)CNC(=O)[C@H](C)Oc1ccccc1C(C)C. The number of hydrogen-bond donors (Lipinski definition) is 1. The lowest BCUT2D eigenvalue weighted by Crippen LogP contribution is -2.38. The van der Waals surface area contributed by atoms with Crippen LogP contribution in [0.1, 0.15) is 46.1 Å². The topological polar surface area (TPSA) is 38.3 Å². The molecule has 0 aliphatic heterocycles. The summed E-state index contributed by atoms with van der Waals surface area (Å²) in [5.74, 6) is 1.55. The van der Waals surface area contributed by atoms with Crippen molar-refractivity contribution in [3.63, 3.8) is 0 Å². The van der Waals surface area contributed by atoms with Crippen LogP contribution in [0, 0.1) is 5.92 Å². The Morgan fingerprint density at radius 2 is 1.79 bits per heavy atom. The summed E-state index contributed by atoms with van der Waals surface area (Å²) in [6, 6.07) is 7.88. The predicted molar refractivity (Wildman–Crippen MR) is 78.5 cm³/mol. The summed E-state index contributed by atoms with van der Waals surface area (Å²) in [7, 11) is 0. The highest BCUT2D eigenvalue weighted by atomic mass is 16.5. The summed E-state index contributed by atoms with van der Waals surface area (Å²) in [4.78, 5) is 11.9. The van der Waals surface area contributed by atoms with Crippen LogP contribution in [0.5, 0.6) is 5.75 Å². The molecule has 1 N–H and O–H groups in total. The van der Waals surface area contributed by atoms with Gasteiger partial charge in [0.15, 0.2) is 6.10 Å². The Kier molecular flexibility index (Phi) is 5.87. The molecule has 1 aromatic rings. The zero-order valence-electron chi connectivity index (χ0n) is 12.6. The Labute approximate surface area is 116 Å². The van der Waals surface area contributed by atoms with Crippen LogP contribution < -0.4 is 10.1 Å². The lowest BCUT2D eigenvalue weighted by atomic mass is 10.0. The number of carbonyl (C=O) groups is 1. The molecule has 1 aromatic carbocycles. The molecule has 0 saturated carbocycles. The first kappa shape index (κ1) is 15.5. The van der Waals surface area contributed by atoms with Crippen molar-refractivity contribution in [2.24, 2.45) is 5.92 Å². The van der Waals surface area contributed by atoms with Crippen LogP contribution in [0.2, 0.25) is 0 Å². The van der Waals surface area contributed by atoms with E-state index in [-0.39, 0.29) is 5.91 Å². The lowest BCUT2D eigenvalue weighted by molar-refractivity contribution is -0.127. The Morgan fingerprint density at radius 1 is 1.16 bits per heavy atom. The second-order valence-electron chi connectivity index (χ2n) is 5.59. The molecule has 106 valence electrons. The van der Waals surface area contributed by atoms with Crippen molar-refractivity contribution in [3.05, 3.63) is 29.8 Å². The first-order chi connectivity index (χ1) is 8.91. The molecule has 0 fully saturated rings. The normalized spacial score (nSPS) is 12.6.